The predicted molar refractivity (Wildman–Crippen MR) is 68.4 cm³/mol. The van der Waals surface area contributed by atoms with E-state index < -0.39 is 0 Å². The molecule has 16 heavy (non-hydrogen) atoms. The van der Waals surface area contributed by atoms with Crippen molar-refractivity contribution in [3.8, 4) is 0 Å². The Morgan fingerprint density at radius 1 is 1.62 bits per heavy atom. The van der Waals surface area contributed by atoms with Crippen molar-refractivity contribution >= 4 is 28.5 Å². The number of halogens is 1. The zero-order valence-corrected chi connectivity index (χ0v) is 11.2. The van der Waals surface area contributed by atoms with E-state index >= 15 is 0 Å². The Balaban J connectivity index is 2.05. The summed E-state index contributed by atoms with van der Waals surface area (Å²) in [5, 5.41) is 2.91. The number of nitrogens with zero attached hydrogens (tertiary/aromatic N) is 1. The van der Waals surface area contributed by atoms with Crippen molar-refractivity contribution < 1.29 is 9.53 Å². The van der Waals surface area contributed by atoms with E-state index in [0.717, 1.165) is 22.3 Å². The van der Waals surface area contributed by atoms with Gasteiger partial charge < -0.3 is 10.1 Å². The van der Waals surface area contributed by atoms with Gasteiger partial charge in [0.15, 0.2) is 0 Å². The Labute approximate surface area is 108 Å². The van der Waals surface area contributed by atoms with Crippen LogP contribution in [0, 0.1) is 10.5 Å². The molecule has 1 aromatic rings. The van der Waals surface area contributed by atoms with Crippen LogP contribution in [0.4, 0.5) is 0 Å². The number of hydrogen-bond acceptors (Lipinski definition) is 3. The molecule has 1 aliphatic heterocycles. The molecule has 1 saturated heterocycles. The van der Waals surface area contributed by atoms with Gasteiger partial charge in [-0.05, 0) is 48.1 Å². The van der Waals surface area contributed by atoms with E-state index in [0.29, 0.717) is 12.3 Å². The van der Waals surface area contributed by atoms with E-state index in [1.807, 2.05) is 13.0 Å². The minimum absolute atomic E-state index is 0.116. The summed E-state index contributed by atoms with van der Waals surface area (Å²) < 4.78 is 6.27. The van der Waals surface area contributed by atoms with E-state index in [2.05, 4.69) is 32.9 Å². The number of aryl methyl sites for hydroxylation is 1. The van der Waals surface area contributed by atoms with Crippen molar-refractivity contribution in [3.05, 3.63) is 27.1 Å². The summed E-state index contributed by atoms with van der Waals surface area (Å²) in [6.45, 7) is 3.23. The average Bonchev–Trinajstić information content (AvgIpc) is 2.74. The lowest BCUT2D eigenvalue weighted by Crippen LogP contribution is -2.35. The highest BCUT2D eigenvalue weighted by molar-refractivity contribution is 14.1. The summed E-state index contributed by atoms with van der Waals surface area (Å²) in [6, 6.07) is 3.79. The van der Waals surface area contributed by atoms with Crippen LogP contribution in [-0.4, -0.2) is 30.1 Å². The van der Waals surface area contributed by atoms with Gasteiger partial charge in [-0.1, -0.05) is 0 Å². The zero-order valence-electron chi connectivity index (χ0n) is 9.00. The SMILES string of the molecule is Cc1nc(C(=O)N[C@@H]2CCOC2)ccc1I. The lowest BCUT2D eigenvalue weighted by molar-refractivity contribution is 0.0924. The smallest absolute Gasteiger partial charge is 0.270 e. The van der Waals surface area contributed by atoms with Crippen molar-refractivity contribution in [2.45, 2.75) is 19.4 Å². The van der Waals surface area contributed by atoms with Gasteiger partial charge in [0, 0.05) is 10.2 Å². The zero-order chi connectivity index (χ0) is 11.5. The first-order valence-corrected chi connectivity index (χ1v) is 6.26. The second kappa shape index (κ2) is 5.09. The average molecular weight is 332 g/mol. The Morgan fingerprint density at radius 2 is 2.44 bits per heavy atom. The van der Waals surface area contributed by atoms with Gasteiger partial charge in [-0.15, -0.1) is 0 Å². The Bertz CT molecular complexity index is 403. The van der Waals surface area contributed by atoms with Crippen LogP contribution < -0.4 is 5.32 Å². The molecule has 1 aliphatic rings. The summed E-state index contributed by atoms with van der Waals surface area (Å²) in [7, 11) is 0. The molecule has 0 aromatic carbocycles. The number of carbonyl (C=O) groups is 1. The number of nitrogens with one attached hydrogen (secondary N) is 1. The largest absolute Gasteiger partial charge is 0.379 e. The van der Waals surface area contributed by atoms with Crippen LogP contribution in [0.25, 0.3) is 0 Å². The molecule has 1 fully saturated rings. The third kappa shape index (κ3) is 2.70. The molecule has 5 heteroatoms. The second-order valence-electron chi connectivity index (χ2n) is 3.80. The molecule has 0 spiro atoms. The van der Waals surface area contributed by atoms with Crippen molar-refractivity contribution in [1.82, 2.24) is 10.3 Å². The molecule has 0 aliphatic carbocycles. The topological polar surface area (TPSA) is 51.2 Å². The van der Waals surface area contributed by atoms with Gasteiger partial charge in [-0.25, -0.2) is 4.98 Å². The van der Waals surface area contributed by atoms with E-state index in [1.165, 1.54) is 0 Å². The predicted octanol–water partition coefficient (Wildman–Crippen LogP) is 1.51. The fourth-order valence-electron chi connectivity index (χ4n) is 1.58. The van der Waals surface area contributed by atoms with Crippen LogP contribution in [0.3, 0.4) is 0 Å². The summed E-state index contributed by atoms with van der Waals surface area (Å²) in [5.74, 6) is -0.116. The molecule has 0 bridgehead atoms. The molecule has 1 aromatic heterocycles. The maximum atomic E-state index is 11.8. The second-order valence-corrected chi connectivity index (χ2v) is 4.96. The van der Waals surface area contributed by atoms with Crippen LogP contribution in [0.15, 0.2) is 12.1 Å². The van der Waals surface area contributed by atoms with Crippen LogP contribution in [0.5, 0.6) is 0 Å². The molecule has 2 heterocycles. The Hall–Kier alpha value is -0.690. The maximum Gasteiger partial charge on any atom is 0.270 e. The van der Waals surface area contributed by atoms with Crippen molar-refractivity contribution in [2.24, 2.45) is 0 Å². The summed E-state index contributed by atoms with van der Waals surface area (Å²) in [6.07, 6.45) is 0.884. The normalized spacial score (nSPS) is 19.8. The van der Waals surface area contributed by atoms with E-state index in [4.69, 9.17) is 4.74 Å². The number of carbonyl (C=O) groups excluding carboxylic acids is 1. The lowest BCUT2D eigenvalue weighted by atomic mass is 10.2. The molecular formula is C11H13IN2O2. The fourth-order valence-corrected chi connectivity index (χ4v) is 1.88. The third-order valence-corrected chi connectivity index (χ3v) is 3.66. The minimum Gasteiger partial charge on any atom is -0.379 e. The van der Waals surface area contributed by atoms with E-state index in [9.17, 15) is 4.79 Å². The van der Waals surface area contributed by atoms with E-state index in [1.54, 1.807) is 6.07 Å². The molecule has 1 atom stereocenters. The number of rotatable bonds is 2. The first-order valence-electron chi connectivity index (χ1n) is 5.18. The van der Waals surface area contributed by atoms with Gasteiger partial charge in [0.1, 0.15) is 5.69 Å². The summed E-state index contributed by atoms with van der Waals surface area (Å²) in [5.41, 5.74) is 1.36. The van der Waals surface area contributed by atoms with Crippen LogP contribution in [0.2, 0.25) is 0 Å². The van der Waals surface area contributed by atoms with Crippen LogP contribution >= 0.6 is 22.6 Å². The number of aromatic nitrogens is 1. The molecule has 86 valence electrons. The summed E-state index contributed by atoms with van der Waals surface area (Å²) in [4.78, 5) is 16.1. The van der Waals surface area contributed by atoms with Crippen molar-refractivity contribution in [2.75, 3.05) is 13.2 Å². The number of hydrogen-bond donors (Lipinski definition) is 1. The first kappa shape index (κ1) is 11.8. The number of ether oxygens (including phenoxy) is 1. The minimum atomic E-state index is -0.116. The molecule has 1 N–H and O–H groups in total. The fraction of sp³-hybridized carbons (Fsp3) is 0.455. The molecule has 4 nitrogen and oxygen atoms in total. The quantitative estimate of drug-likeness (QED) is 0.836. The number of pyridine rings is 1. The van der Waals surface area contributed by atoms with Crippen molar-refractivity contribution in [1.29, 1.82) is 0 Å². The Morgan fingerprint density at radius 3 is 3.06 bits per heavy atom. The highest BCUT2D eigenvalue weighted by atomic mass is 127. The molecule has 0 unspecified atom stereocenters. The third-order valence-electron chi connectivity index (χ3n) is 2.52. The molecule has 0 radical (unpaired) electrons. The first-order chi connectivity index (χ1) is 7.66. The monoisotopic (exact) mass is 332 g/mol. The van der Waals surface area contributed by atoms with Gasteiger partial charge in [0.2, 0.25) is 0 Å². The van der Waals surface area contributed by atoms with Gasteiger partial charge in [-0.3, -0.25) is 4.79 Å². The highest BCUT2D eigenvalue weighted by Gasteiger charge is 2.19. The molecule has 2 rings (SSSR count). The van der Waals surface area contributed by atoms with Gasteiger partial charge in [0.05, 0.1) is 18.3 Å². The molecule has 0 saturated carbocycles. The van der Waals surface area contributed by atoms with E-state index in [-0.39, 0.29) is 11.9 Å². The summed E-state index contributed by atoms with van der Waals surface area (Å²) >= 11 is 2.20. The molecule has 1 amide bonds. The van der Waals surface area contributed by atoms with Crippen LogP contribution in [-0.2, 0) is 4.74 Å². The standard InChI is InChI=1S/C11H13IN2O2/c1-7-9(12)2-3-10(13-7)11(15)14-8-4-5-16-6-8/h2-3,8H,4-6H2,1H3,(H,14,15)/t8-/m1/s1. The Kier molecular flexibility index (Phi) is 3.75. The highest BCUT2D eigenvalue weighted by Crippen LogP contribution is 2.10. The molecular weight excluding hydrogens is 319 g/mol. The van der Waals surface area contributed by atoms with Gasteiger partial charge >= 0.3 is 0 Å². The van der Waals surface area contributed by atoms with Gasteiger partial charge in [0.25, 0.3) is 5.91 Å². The lowest BCUT2D eigenvalue weighted by Gasteiger charge is -2.10. The van der Waals surface area contributed by atoms with Crippen molar-refractivity contribution in [3.63, 3.8) is 0 Å². The number of amides is 1. The maximum absolute atomic E-state index is 11.8. The van der Waals surface area contributed by atoms with Crippen LogP contribution in [0.1, 0.15) is 22.6 Å². The van der Waals surface area contributed by atoms with Gasteiger partial charge in [-0.2, -0.15) is 0 Å².